The number of benzene rings is 1. The van der Waals surface area contributed by atoms with Gasteiger partial charge in [0.15, 0.2) is 5.78 Å². The van der Waals surface area contributed by atoms with Gasteiger partial charge in [0.2, 0.25) is 5.91 Å². The lowest BCUT2D eigenvalue weighted by atomic mass is 10.1. The summed E-state index contributed by atoms with van der Waals surface area (Å²) in [4.78, 5) is 25.2. The van der Waals surface area contributed by atoms with Crippen molar-refractivity contribution in [3.8, 4) is 0 Å². The van der Waals surface area contributed by atoms with E-state index in [-0.39, 0.29) is 17.6 Å². The molecule has 2 aromatic rings. The molecule has 1 aliphatic carbocycles. The molecule has 102 valence electrons. The number of thiophene rings is 1. The summed E-state index contributed by atoms with van der Waals surface area (Å²) in [5.41, 5.74) is 1.22. The molecule has 0 aliphatic heterocycles. The van der Waals surface area contributed by atoms with E-state index in [1.807, 2.05) is 29.6 Å². The zero-order chi connectivity index (χ0) is 13.9. The number of ketones is 1. The summed E-state index contributed by atoms with van der Waals surface area (Å²) in [5, 5.41) is 4.84. The van der Waals surface area contributed by atoms with Gasteiger partial charge >= 0.3 is 0 Å². The fourth-order valence-corrected chi connectivity index (χ4v) is 2.79. The molecule has 1 aromatic heterocycles. The number of carbonyl (C=O) groups excluding carboxylic acids is 2. The van der Waals surface area contributed by atoms with E-state index in [1.165, 1.54) is 0 Å². The van der Waals surface area contributed by atoms with Crippen LogP contribution in [0.4, 0.5) is 5.69 Å². The highest BCUT2D eigenvalue weighted by Gasteiger charge is 2.30. The smallest absolute Gasteiger partial charge is 0.227 e. The molecular formula is C16H15NO2S. The Morgan fingerprint density at radius 1 is 1.15 bits per heavy atom. The molecule has 0 radical (unpaired) electrons. The van der Waals surface area contributed by atoms with Crippen molar-refractivity contribution in [3.05, 3.63) is 52.2 Å². The van der Waals surface area contributed by atoms with Crippen LogP contribution in [-0.4, -0.2) is 11.7 Å². The zero-order valence-electron chi connectivity index (χ0n) is 11.0. The van der Waals surface area contributed by atoms with E-state index in [2.05, 4.69) is 5.32 Å². The van der Waals surface area contributed by atoms with Gasteiger partial charge in [0.05, 0.1) is 5.69 Å². The Balaban J connectivity index is 1.77. The summed E-state index contributed by atoms with van der Waals surface area (Å²) < 4.78 is 0. The minimum absolute atomic E-state index is 0.0290. The van der Waals surface area contributed by atoms with Gasteiger partial charge < -0.3 is 5.32 Å². The van der Waals surface area contributed by atoms with Crippen LogP contribution >= 0.6 is 11.3 Å². The van der Waals surface area contributed by atoms with Gasteiger partial charge in [-0.15, -0.1) is 11.3 Å². The van der Waals surface area contributed by atoms with Crippen molar-refractivity contribution in [2.24, 2.45) is 5.92 Å². The first-order chi connectivity index (χ1) is 9.74. The molecule has 0 unspecified atom stereocenters. The van der Waals surface area contributed by atoms with Crippen molar-refractivity contribution in [2.75, 3.05) is 5.32 Å². The van der Waals surface area contributed by atoms with Crippen LogP contribution in [0.25, 0.3) is 0 Å². The van der Waals surface area contributed by atoms with Crippen LogP contribution in [0.1, 0.15) is 28.1 Å². The predicted octanol–water partition coefficient (Wildman–Crippen LogP) is 3.52. The van der Waals surface area contributed by atoms with E-state index in [4.69, 9.17) is 0 Å². The highest BCUT2D eigenvalue weighted by molar-refractivity contribution is 7.10. The second kappa shape index (κ2) is 5.59. The van der Waals surface area contributed by atoms with E-state index in [0.29, 0.717) is 17.7 Å². The summed E-state index contributed by atoms with van der Waals surface area (Å²) >= 11 is 1.57. The molecule has 1 aromatic carbocycles. The SMILES string of the molecule is O=C(Cc1cccs1)c1ccccc1NC(=O)C1CC1. The summed E-state index contributed by atoms with van der Waals surface area (Å²) in [5.74, 6) is 0.205. The van der Waals surface area contributed by atoms with Gasteiger partial charge in [0.1, 0.15) is 0 Å². The standard InChI is InChI=1S/C16H15NO2S/c18-15(10-12-4-3-9-20-12)13-5-1-2-6-14(13)17-16(19)11-7-8-11/h1-6,9,11H,7-8,10H2,(H,17,19). The minimum atomic E-state index is 0.0290. The van der Waals surface area contributed by atoms with Gasteiger partial charge in [-0.1, -0.05) is 18.2 Å². The van der Waals surface area contributed by atoms with Gasteiger partial charge in [-0.3, -0.25) is 9.59 Å². The number of nitrogens with one attached hydrogen (secondary N) is 1. The average molecular weight is 285 g/mol. The van der Waals surface area contributed by atoms with E-state index >= 15 is 0 Å². The van der Waals surface area contributed by atoms with E-state index < -0.39 is 0 Å². The zero-order valence-corrected chi connectivity index (χ0v) is 11.8. The Kier molecular flexibility index (Phi) is 3.65. The Morgan fingerprint density at radius 3 is 2.65 bits per heavy atom. The van der Waals surface area contributed by atoms with Crippen LogP contribution in [-0.2, 0) is 11.2 Å². The minimum Gasteiger partial charge on any atom is -0.325 e. The average Bonchev–Trinajstić information content (AvgIpc) is 3.19. The molecule has 0 atom stereocenters. The van der Waals surface area contributed by atoms with Gasteiger partial charge in [-0.25, -0.2) is 0 Å². The normalized spacial score (nSPS) is 14.0. The van der Waals surface area contributed by atoms with Gasteiger partial charge in [0.25, 0.3) is 0 Å². The number of Topliss-reactive ketones (excluding diaryl/α,β-unsaturated/α-hetero) is 1. The molecule has 0 spiro atoms. The number of carbonyl (C=O) groups is 2. The number of rotatable bonds is 5. The van der Waals surface area contributed by atoms with Crippen LogP contribution in [0, 0.1) is 5.92 Å². The second-order valence-corrected chi connectivity index (χ2v) is 6.02. The predicted molar refractivity (Wildman–Crippen MR) is 80.1 cm³/mol. The Bertz CT molecular complexity index is 630. The first kappa shape index (κ1) is 13.1. The van der Waals surface area contributed by atoms with Crippen molar-refractivity contribution < 1.29 is 9.59 Å². The van der Waals surface area contributed by atoms with Crippen molar-refractivity contribution in [1.82, 2.24) is 0 Å². The summed E-state index contributed by atoms with van der Waals surface area (Å²) in [6, 6.07) is 11.1. The maximum Gasteiger partial charge on any atom is 0.227 e. The Hall–Kier alpha value is -1.94. The largest absolute Gasteiger partial charge is 0.325 e. The number of hydrogen-bond acceptors (Lipinski definition) is 3. The van der Waals surface area contributed by atoms with Crippen molar-refractivity contribution in [2.45, 2.75) is 19.3 Å². The highest BCUT2D eigenvalue weighted by Crippen LogP contribution is 2.31. The molecule has 20 heavy (non-hydrogen) atoms. The molecule has 0 saturated heterocycles. The molecule has 4 heteroatoms. The topological polar surface area (TPSA) is 46.2 Å². The number of amides is 1. The van der Waals surface area contributed by atoms with Crippen molar-refractivity contribution in [3.63, 3.8) is 0 Å². The van der Waals surface area contributed by atoms with Gasteiger partial charge in [0, 0.05) is 22.8 Å². The first-order valence-corrected chi connectivity index (χ1v) is 7.57. The first-order valence-electron chi connectivity index (χ1n) is 6.69. The van der Waals surface area contributed by atoms with E-state index in [9.17, 15) is 9.59 Å². The fourth-order valence-electron chi connectivity index (χ4n) is 2.08. The van der Waals surface area contributed by atoms with Crippen molar-refractivity contribution in [1.29, 1.82) is 0 Å². The molecule has 3 rings (SSSR count). The summed E-state index contributed by atoms with van der Waals surface area (Å²) in [7, 11) is 0. The number of hydrogen-bond donors (Lipinski definition) is 1. The third kappa shape index (κ3) is 2.96. The number of anilines is 1. The fraction of sp³-hybridized carbons (Fsp3) is 0.250. The Morgan fingerprint density at radius 2 is 1.95 bits per heavy atom. The van der Waals surface area contributed by atoms with Gasteiger partial charge in [-0.05, 0) is 36.4 Å². The summed E-state index contributed by atoms with van der Waals surface area (Å²) in [6.07, 6.45) is 2.29. The van der Waals surface area contributed by atoms with E-state index in [1.54, 1.807) is 23.5 Å². The molecule has 1 N–H and O–H groups in total. The third-order valence-electron chi connectivity index (χ3n) is 3.35. The molecule has 1 fully saturated rings. The molecule has 1 amide bonds. The maximum atomic E-state index is 12.4. The molecule has 0 bridgehead atoms. The summed E-state index contributed by atoms with van der Waals surface area (Å²) in [6.45, 7) is 0. The quantitative estimate of drug-likeness (QED) is 0.854. The van der Waals surface area contributed by atoms with Crippen LogP contribution < -0.4 is 5.32 Å². The third-order valence-corrected chi connectivity index (χ3v) is 4.22. The highest BCUT2D eigenvalue weighted by atomic mass is 32.1. The monoisotopic (exact) mass is 285 g/mol. The Labute approximate surface area is 121 Å². The van der Waals surface area contributed by atoms with Crippen LogP contribution in [0.2, 0.25) is 0 Å². The lowest BCUT2D eigenvalue weighted by Crippen LogP contribution is -2.16. The van der Waals surface area contributed by atoms with Gasteiger partial charge in [-0.2, -0.15) is 0 Å². The van der Waals surface area contributed by atoms with Crippen LogP contribution in [0.3, 0.4) is 0 Å². The van der Waals surface area contributed by atoms with E-state index in [0.717, 1.165) is 17.7 Å². The lowest BCUT2D eigenvalue weighted by molar-refractivity contribution is -0.117. The molecule has 1 aliphatic rings. The lowest BCUT2D eigenvalue weighted by Gasteiger charge is -2.09. The van der Waals surface area contributed by atoms with Crippen molar-refractivity contribution >= 4 is 28.7 Å². The molecular weight excluding hydrogens is 270 g/mol. The second-order valence-electron chi connectivity index (χ2n) is 4.99. The number of para-hydroxylation sites is 1. The van der Waals surface area contributed by atoms with Crippen LogP contribution in [0.5, 0.6) is 0 Å². The maximum absolute atomic E-state index is 12.4. The molecule has 1 saturated carbocycles. The molecule has 3 nitrogen and oxygen atoms in total. The van der Waals surface area contributed by atoms with Crippen LogP contribution in [0.15, 0.2) is 41.8 Å². The molecule has 1 heterocycles.